The topological polar surface area (TPSA) is 111 Å². The first-order chi connectivity index (χ1) is 13.9. The Balaban J connectivity index is 1.47. The molecule has 0 aliphatic heterocycles. The first-order valence-electron chi connectivity index (χ1n) is 8.70. The van der Waals surface area contributed by atoms with Gasteiger partial charge < -0.3 is 9.73 Å². The Labute approximate surface area is 176 Å². The van der Waals surface area contributed by atoms with Gasteiger partial charge in [-0.15, -0.1) is 10.2 Å². The van der Waals surface area contributed by atoms with Gasteiger partial charge in [-0.2, -0.15) is 0 Å². The maximum absolute atomic E-state index is 12.1. The number of ketones is 1. The van der Waals surface area contributed by atoms with Crippen molar-refractivity contribution in [2.75, 3.05) is 11.1 Å². The maximum Gasteiger partial charge on any atom is 0.277 e. The Hall–Kier alpha value is -2.72. The molecule has 0 fully saturated rings. The Morgan fingerprint density at radius 3 is 2.38 bits per heavy atom. The molecule has 0 saturated heterocycles. The van der Waals surface area contributed by atoms with Gasteiger partial charge in [0.1, 0.15) is 0 Å². The Kier molecular flexibility index (Phi) is 6.99. The van der Waals surface area contributed by atoms with Crippen LogP contribution in [0.4, 0.5) is 5.69 Å². The van der Waals surface area contributed by atoms with E-state index in [1.807, 2.05) is 19.9 Å². The molecular formula is C19H19N5O3S2. The van der Waals surface area contributed by atoms with E-state index >= 15 is 0 Å². The summed E-state index contributed by atoms with van der Waals surface area (Å²) in [4.78, 5) is 32.1. The summed E-state index contributed by atoms with van der Waals surface area (Å²) in [6, 6.07) is 8.64. The molecule has 3 rings (SSSR count). The quantitative estimate of drug-likeness (QED) is 0.325. The molecule has 10 heteroatoms. The first-order valence-corrected chi connectivity index (χ1v) is 10.7. The Morgan fingerprint density at radius 2 is 1.72 bits per heavy atom. The van der Waals surface area contributed by atoms with Crippen molar-refractivity contribution in [3.8, 4) is 0 Å². The van der Waals surface area contributed by atoms with Crippen LogP contribution in [0.2, 0.25) is 0 Å². The van der Waals surface area contributed by atoms with Crippen molar-refractivity contribution < 1.29 is 14.0 Å². The molecule has 29 heavy (non-hydrogen) atoms. The average Bonchev–Trinajstić information content (AvgIpc) is 3.12. The van der Waals surface area contributed by atoms with Crippen LogP contribution in [0, 0.1) is 13.8 Å². The summed E-state index contributed by atoms with van der Waals surface area (Å²) >= 11 is 2.57. The molecule has 1 amide bonds. The lowest BCUT2D eigenvalue weighted by molar-refractivity contribution is -0.113. The summed E-state index contributed by atoms with van der Waals surface area (Å²) in [5.74, 6) is 0.797. The highest BCUT2D eigenvalue weighted by Gasteiger charge is 2.11. The number of nitrogens with one attached hydrogen (secondary N) is 1. The SMILES string of the molecule is CC(=O)c1ccc(NC(=O)CSc2nnc(CSc3nc(C)cc(C)n3)o2)cc1. The number of carbonyl (C=O) groups excluding carboxylic acids is 2. The van der Waals surface area contributed by atoms with E-state index in [-0.39, 0.29) is 17.4 Å². The van der Waals surface area contributed by atoms with Gasteiger partial charge in [-0.3, -0.25) is 9.59 Å². The fraction of sp³-hybridized carbons (Fsp3) is 0.263. The third kappa shape index (κ3) is 6.40. The van der Waals surface area contributed by atoms with Crippen LogP contribution in [0.15, 0.2) is 45.1 Å². The molecule has 0 spiro atoms. The van der Waals surface area contributed by atoms with Crippen LogP contribution in [-0.2, 0) is 10.5 Å². The molecule has 0 unspecified atom stereocenters. The molecule has 0 bridgehead atoms. The van der Waals surface area contributed by atoms with Gasteiger partial charge in [0.15, 0.2) is 10.9 Å². The number of amides is 1. The van der Waals surface area contributed by atoms with Crippen LogP contribution in [0.3, 0.4) is 0 Å². The van der Waals surface area contributed by atoms with Crippen LogP contribution in [0.25, 0.3) is 0 Å². The van der Waals surface area contributed by atoms with E-state index in [2.05, 4.69) is 25.5 Å². The molecule has 1 N–H and O–H groups in total. The van der Waals surface area contributed by atoms with Gasteiger partial charge in [0.05, 0.1) is 11.5 Å². The second-order valence-corrected chi connectivity index (χ2v) is 8.02. The van der Waals surface area contributed by atoms with E-state index in [0.29, 0.717) is 33.3 Å². The summed E-state index contributed by atoms with van der Waals surface area (Å²) < 4.78 is 5.56. The summed E-state index contributed by atoms with van der Waals surface area (Å²) in [6.45, 7) is 5.34. The standard InChI is InChI=1S/C19H19N5O3S2/c1-11-8-12(2)21-18(20-11)28-10-17-23-24-19(27-17)29-9-16(26)22-15-6-4-14(5-7-15)13(3)25/h4-8H,9-10H2,1-3H3,(H,22,26). The number of aromatic nitrogens is 4. The van der Waals surface area contributed by atoms with E-state index in [9.17, 15) is 9.59 Å². The third-order valence-corrected chi connectivity index (χ3v) is 5.29. The Bertz CT molecular complexity index is 1000. The molecule has 150 valence electrons. The van der Waals surface area contributed by atoms with Gasteiger partial charge in [0.25, 0.3) is 5.22 Å². The molecule has 8 nitrogen and oxygen atoms in total. The second kappa shape index (κ2) is 9.66. The van der Waals surface area contributed by atoms with Crippen molar-refractivity contribution in [1.82, 2.24) is 20.2 Å². The van der Waals surface area contributed by atoms with Crippen molar-refractivity contribution in [2.24, 2.45) is 0 Å². The van der Waals surface area contributed by atoms with E-state index in [1.165, 1.54) is 18.7 Å². The molecule has 0 aliphatic rings. The van der Waals surface area contributed by atoms with Gasteiger partial charge in [-0.1, -0.05) is 23.5 Å². The minimum Gasteiger partial charge on any atom is -0.415 e. The highest BCUT2D eigenvalue weighted by Crippen LogP contribution is 2.22. The maximum atomic E-state index is 12.1. The van der Waals surface area contributed by atoms with Gasteiger partial charge in [-0.05, 0) is 51.1 Å². The Morgan fingerprint density at radius 1 is 1.03 bits per heavy atom. The monoisotopic (exact) mass is 429 g/mol. The number of Topliss-reactive ketones (excluding diaryl/α,β-unsaturated/α-hetero) is 1. The molecule has 0 atom stereocenters. The van der Waals surface area contributed by atoms with E-state index in [4.69, 9.17) is 4.42 Å². The summed E-state index contributed by atoms with van der Waals surface area (Å²) in [6.07, 6.45) is 0. The van der Waals surface area contributed by atoms with Gasteiger partial charge in [0, 0.05) is 22.6 Å². The van der Waals surface area contributed by atoms with E-state index in [1.54, 1.807) is 24.3 Å². The lowest BCUT2D eigenvalue weighted by atomic mass is 10.1. The van der Waals surface area contributed by atoms with Crippen LogP contribution in [0.1, 0.15) is 34.6 Å². The van der Waals surface area contributed by atoms with Crippen molar-refractivity contribution in [3.63, 3.8) is 0 Å². The van der Waals surface area contributed by atoms with Gasteiger partial charge in [-0.25, -0.2) is 9.97 Å². The molecule has 0 radical (unpaired) electrons. The second-order valence-electron chi connectivity index (χ2n) is 6.15. The number of thioether (sulfide) groups is 2. The van der Waals surface area contributed by atoms with Crippen LogP contribution >= 0.6 is 23.5 Å². The zero-order valence-corrected chi connectivity index (χ0v) is 17.8. The molecule has 1 aromatic carbocycles. The van der Waals surface area contributed by atoms with Crippen molar-refractivity contribution in [3.05, 3.63) is 53.2 Å². The molecule has 0 aliphatic carbocycles. The number of nitrogens with zero attached hydrogens (tertiary/aromatic N) is 4. The largest absolute Gasteiger partial charge is 0.415 e. The number of benzene rings is 1. The predicted molar refractivity (Wildman–Crippen MR) is 111 cm³/mol. The van der Waals surface area contributed by atoms with Crippen molar-refractivity contribution in [2.45, 2.75) is 36.9 Å². The number of hydrogen-bond donors (Lipinski definition) is 1. The summed E-state index contributed by atoms with van der Waals surface area (Å²) in [5.41, 5.74) is 3.03. The highest BCUT2D eigenvalue weighted by molar-refractivity contribution is 7.99. The van der Waals surface area contributed by atoms with Crippen molar-refractivity contribution in [1.29, 1.82) is 0 Å². The zero-order valence-electron chi connectivity index (χ0n) is 16.1. The highest BCUT2D eigenvalue weighted by atomic mass is 32.2. The zero-order chi connectivity index (χ0) is 20.8. The normalized spacial score (nSPS) is 10.7. The first kappa shape index (κ1) is 21.0. The lowest BCUT2D eigenvalue weighted by Gasteiger charge is -2.04. The fourth-order valence-electron chi connectivity index (χ4n) is 2.35. The fourth-order valence-corrected chi connectivity index (χ4v) is 3.72. The molecule has 2 heterocycles. The summed E-state index contributed by atoms with van der Waals surface area (Å²) in [7, 11) is 0. The van der Waals surface area contributed by atoms with Crippen molar-refractivity contribution >= 4 is 40.9 Å². The number of carbonyl (C=O) groups is 2. The minimum absolute atomic E-state index is 0.0205. The number of rotatable bonds is 8. The predicted octanol–water partition coefficient (Wildman–Crippen LogP) is 3.70. The van der Waals surface area contributed by atoms with Crippen LogP contribution in [0.5, 0.6) is 0 Å². The van der Waals surface area contributed by atoms with E-state index < -0.39 is 0 Å². The third-order valence-electron chi connectivity index (χ3n) is 3.64. The van der Waals surface area contributed by atoms with Crippen LogP contribution in [-0.4, -0.2) is 37.6 Å². The lowest BCUT2D eigenvalue weighted by Crippen LogP contribution is -2.14. The smallest absolute Gasteiger partial charge is 0.277 e. The molecule has 3 aromatic rings. The van der Waals surface area contributed by atoms with Gasteiger partial charge in [0.2, 0.25) is 11.8 Å². The molecule has 2 aromatic heterocycles. The summed E-state index contributed by atoms with van der Waals surface area (Å²) in [5, 5.41) is 11.7. The van der Waals surface area contributed by atoms with Gasteiger partial charge >= 0.3 is 0 Å². The number of aryl methyl sites for hydroxylation is 2. The molecule has 0 saturated carbocycles. The van der Waals surface area contributed by atoms with Crippen LogP contribution < -0.4 is 5.32 Å². The number of anilines is 1. The number of hydrogen-bond acceptors (Lipinski definition) is 9. The molecular weight excluding hydrogens is 410 g/mol. The van der Waals surface area contributed by atoms with E-state index in [0.717, 1.165) is 23.1 Å². The minimum atomic E-state index is -0.205. The average molecular weight is 430 g/mol.